The highest BCUT2D eigenvalue weighted by Crippen LogP contribution is 2.55. The Morgan fingerprint density at radius 1 is 0.727 bits per heavy atom. The minimum Gasteiger partial charge on any atom is -0.456 e. The first-order chi connectivity index (χ1) is 10.6. The van der Waals surface area contributed by atoms with Crippen molar-refractivity contribution in [1.82, 2.24) is 0 Å². The maximum atomic E-state index is 9.56. The third-order valence-electron chi connectivity index (χ3n) is 3.63. The van der Waals surface area contributed by atoms with E-state index in [4.69, 9.17) is 4.74 Å². The Morgan fingerprint density at radius 3 is 1.73 bits per heavy atom. The van der Waals surface area contributed by atoms with Gasteiger partial charge in [0, 0.05) is 5.56 Å². The van der Waals surface area contributed by atoms with E-state index in [1.54, 1.807) is 12.1 Å². The second-order valence-corrected chi connectivity index (χ2v) is 4.45. The zero-order valence-corrected chi connectivity index (χ0v) is 10.9. The van der Waals surface area contributed by atoms with Gasteiger partial charge in [0.15, 0.2) is 0 Å². The Hall–Kier alpha value is -4.04. The first-order valence-corrected chi connectivity index (χ1v) is 5.83. The average molecular weight is 284 g/mol. The molecule has 0 N–H and O–H groups in total. The smallest absolute Gasteiger partial charge is 0.314 e. The van der Waals surface area contributed by atoms with Gasteiger partial charge in [0.2, 0.25) is 10.8 Å². The number of benzene rings is 1. The lowest BCUT2D eigenvalue weighted by Gasteiger charge is -2.43. The van der Waals surface area contributed by atoms with Gasteiger partial charge in [-0.3, -0.25) is 0 Å². The van der Waals surface area contributed by atoms with Crippen LogP contribution in [0.4, 0.5) is 0 Å². The Labute approximate surface area is 125 Å². The van der Waals surface area contributed by atoms with Crippen LogP contribution in [0.3, 0.4) is 0 Å². The molecule has 1 aliphatic heterocycles. The van der Waals surface area contributed by atoms with Gasteiger partial charge in [-0.2, -0.15) is 31.6 Å². The number of hydrogen-bond donors (Lipinski definition) is 0. The van der Waals surface area contributed by atoms with Gasteiger partial charge in [-0.15, -0.1) is 0 Å². The van der Waals surface area contributed by atoms with Gasteiger partial charge in [-0.25, -0.2) is 0 Å². The van der Waals surface area contributed by atoms with Crippen LogP contribution in [-0.4, -0.2) is 5.60 Å². The molecule has 0 bridgehead atoms. The molecule has 7 heteroatoms. The molecule has 1 aromatic rings. The van der Waals surface area contributed by atoms with Crippen LogP contribution in [0.5, 0.6) is 5.75 Å². The van der Waals surface area contributed by atoms with E-state index in [2.05, 4.69) is 0 Å². The monoisotopic (exact) mass is 284 g/mol. The van der Waals surface area contributed by atoms with Gasteiger partial charge in [0.1, 0.15) is 17.9 Å². The second kappa shape index (κ2) is 4.51. The molecule has 1 aliphatic rings. The maximum absolute atomic E-state index is 9.56. The topological polar surface area (TPSA) is 152 Å². The summed E-state index contributed by atoms with van der Waals surface area (Å²) in [6, 6.07) is 15.1. The molecule has 0 aliphatic carbocycles. The molecule has 0 fully saturated rings. The van der Waals surface area contributed by atoms with Crippen molar-refractivity contribution in [3.63, 3.8) is 0 Å². The summed E-state index contributed by atoms with van der Waals surface area (Å²) >= 11 is 0. The zero-order chi connectivity index (χ0) is 16.4. The summed E-state index contributed by atoms with van der Waals surface area (Å²) in [7, 11) is 0. The number of ether oxygens (including phenoxy) is 1. The third-order valence-corrected chi connectivity index (χ3v) is 3.63. The lowest BCUT2D eigenvalue weighted by Crippen LogP contribution is -2.62. The van der Waals surface area contributed by atoms with Gasteiger partial charge >= 0.3 is 5.60 Å². The third kappa shape index (κ3) is 1.23. The van der Waals surface area contributed by atoms with Crippen LogP contribution in [0.15, 0.2) is 24.3 Å². The highest BCUT2D eigenvalue weighted by molar-refractivity contribution is 5.63. The van der Waals surface area contributed by atoms with Crippen LogP contribution >= 0.6 is 0 Å². The quantitative estimate of drug-likeness (QED) is 0.693. The molecule has 0 amide bonds. The maximum Gasteiger partial charge on any atom is 0.314 e. The summed E-state index contributed by atoms with van der Waals surface area (Å²) in [4.78, 5) is 0. The van der Waals surface area contributed by atoms with Crippen LogP contribution in [0, 0.1) is 73.4 Å². The number of nitriles is 6. The summed E-state index contributed by atoms with van der Waals surface area (Å²) in [5, 5.41) is 56.9. The molecule has 0 saturated heterocycles. The molecule has 1 heterocycles. The Balaban J connectivity index is 3.11. The highest BCUT2D eigenvalue weighted by Gasteiger charge is 2.74. The minimum atomic E-state index is -2.62. The first-order valence-electron chi connectivity index (χ1n) is 5.83. The van der Waals surface area contributed by atoms with E-state index in [1.165, 1.54) is 48.5 Å². The van der Waals surface area contributed by atoms with Crippen molar-refractivity contribution in [2.75, 3.05) is 0 Å². The number of hydrogen-bond acceptors (Lipinski definition) is 7. The number of rotatable bonds is 0. The lowest BCUT2D eigenvalue weighted by atomic mass is 9.54. The number of para-hydroxylation sites is 1. The SMILES string of the molecule is N#CC1(C#N)Oc2ccccc2C(C#N)(C#N)C1(C#N)C#N. The molecule has 7 nitrogen and oxygen atoms in total. The van der Waals surface area contributed by atoms with Crippen LogP contribution in [0.1, 0.15) is 5.56 Å². The van der Waals surface area contributed by atoms with Crippen LogP contribution in [0.25, 0.3) is 0 Å². The summed E-state index contributed by atoms with van der Waals surface area (Å²) < 4.78 is 5.31. The fourth-order valence-corrected chi connectivity index (χ4v) is 2.47. The van der Waals surface area contributed by atoms with E-state index in [0.29, 0.717) is 0 Å². The second-order valence-electron chi connectivity index (χ2n) is 4.45. The van der Waals surface area contributed by atoms with E-state index in [0.717, 1.165) is 0 Å². The van der Waals surface area contributed by atoms with Crippen molar-refractivity contribution in [2.45, 2.75) is 11.0 Å². The van der Waals surface area contributed by atoms with E-state index in [-0.39, 0.29) is 11.3 Å². The van der Waals surface area contributed by atoms with Gasteiger partial charge in [-0.1, -0.05) is 18.2 Å². The van der Waals surface area contributed by atoms with Crippen molar-refractivity contribution < 1.29 is 4.74 Å². The molecule has 2 rings (SSSR count). The van der Waals surface area contributed by atoms with Crippen LogP contribution in [0.2, 0.25) is 0 Å². The lowest BCUT2D eigenvalue weighted by molar-refractivity contribution is 0.0566. The average Bonchev–Trinajstić information content (AvgIpc) is 2.59. The summed E-state index contributed by atoms with van der Waals surface area (Å²) in [6.45, 7) is 0. The fourth-order valence-electron chi connectivity index (χ4n) is 2.47. The van der Waals surface area contributed by atoms with Crippen molar-refractivity contribution in [3.05, 3.63) is 29.8 Å². The minimum absolute atomic E-state index is 0.0239. The Bertz CT molecular complexity index is 864. The van der Waals surface area contributed by atoms with Gasteiger partial charge in [-0.05, 0) is 6.07 Å². The van der Waals surface area contributed by atoms with Crippen LogP contribution < -0.4 is 4.74 Å². The normalized spacial score (nSPS) is 18.3. The van der Waals surface area contributed by atoms with E-state index >= 15 is 0 Å². The molecule has 100 valence electrons. The van der Waals surface area contributed by atoms with Gasteiger partial charge < -0.3 is 4.74 Å². The molecule has 0 radical (unpaired) electrons. The molecule has 0 unspecified atom stereocenters. The molecule has 22 heavy (non-hydrogen) atoms. The molecular weight excluding hydrogens is 280 g/mol. The Morgan fingerprint density at radius 2 is 1.27 bits per heavy atom. The van der Waals surface area contributed by atoms with E-state index in [1.807, 2.05) is 0 Å². The van der Waals surface area contributed by atoms with E-state index < -0.39 is 16.4 Å². The molecule has 0 spiro atoms. The van der Waals surface area contributed by atoms with Crippen LogP contribution in [-0.2, 0) is 5.41 Å². The summed E-state index contributed by atoms with van der Waals surface area (Å²) in [6.07, 6.45) is 0. The zero-order valence-electron chi connectivity index (χ0n) is 10.9. The molecular formula is C15H4N6O. The highest BCUT2D eigenvalue weighted by atomic mass is 16.5. The van der Waals surface area contributed by atoms with Crippen molar-refractivity contribution in [3.8, 4) is 42.2 Å². The van der Waals surface area contributed by atoms with Gasteiger partial charge in [0.05, 0.1) is 24.3 Å². The predicted molar refractivity (Wildman–Crippen MR) is 67.6 cm³/mol. The molecule has 1 aromatic carbocycles. The van der Waals surface area contributed by atoms with E-state index in [9.17, 15) is 31.6 Å². The standard InChI is InChI=1S/C15H4N6O/c16-5-13(6-17)11-3-1-2-4-12(11)22-15(9-20,10-21)14(13,7-18)8-19/h1-4H. The number of fused-ring (bicyclic) bond motifs is 1. The van der Waals surface area contributed by atoms with Crippen molar-refractivity contribution in [2.24, 2.45) is 5.41 Å². The largest absolute Gasteiger partial charge is 0.456 e. The van der Waals surface area contributed by atoms with Crippen molar-refractivity contribution in [1.29, 1.82) is 31.6 Å². The predicted octanol–water partition coefficient (Wildman–Crippen LogP) is 1.18. The fraction of sp³-hybridized carbons (Fsp3) is 0.200. The molecule has 0 atom stereocenters. The number of nitrogens with zero attached hydrogens (tertiary/aromatic N) is 6. The first kappa shape index (κ1) is 14.4. The summed E-state index contributed by atoms with van der Waals surface area (Å²) in [5.74, 6) is -0.0603. The summed E-state index contributed by atoms with van der Waals surface area (Å²) in [5.41, 5.74) is -7.58. The molecule has 0 aromatic heterocycles. The van der Waals surface area contributed by atoms with Gasteiger partial charge in [0.25, 0.3) is 0 Å². The van der Waals surface area contributed by atoms with Crippen molar-refractivity contribution >= 4 is 0 Å². The molecule has 0 saturated carbocycles. The Kier molecular flexibility index (Phi) is 2.94.